The quantitative estimate of drug-likeness (QED) is 0.605. The molecule has 3 aromatic rings. The summed E-state index contributed by atoms with van der Waals surface area (Å²) in [5.41, 5.74) is 1.06. The van der Waals surface area contributed by atoms with Gasteiger partial charge in [0, 0.05) is 23.2 Å². The highest BCUT2D eigenvalue weighted by Gasteiger charge is 1.86. The summed E-state index contributed by atoms with van der Waals surface area (Å²) in [5, 5.41) is 11.6. The topological polar surface area (TPSA) is 49.6 Å². The molecular formula is C13H9N3S. The molecule has 0 saturated carbocycles. The summed E-state index contributed by atoms with van der Waals surface area (Å²) in [7, 11) is 0. The first kappa shape index (κ1) is 11.2. The van der Waals surface area contributed by atoms with Crippen molar-refractivity contribution in [3.8, 4) is 6.07 Å². The lowest BCUT2D eigenvalue weighted by Gasteiger charge is -1.91. The largest absolute Gasteiger partial charge is 0.256 e. The van der Waals surface area contributed by atoms with E-state index in [0.717, 1.165) is 5.52 Å². The van der Waals surface area contributed by atoms with Crippen molar-refractivity contribution in [1.82, 2.24) is 9.97 Å². The Morgan fingerprint density at radius 2 is 1.82 bits per heavy atom. The van der Waals surface area contributed by atoms with Crippen LogP contribution in [0.3, 0.4) is 0 Å². The monoisotopic (exact) mass is 239 g/mol. The summed E-state index contributed by atoms with van der Waals surface area (Å²) in [4.78, 5) is 7.87. The molecule has 0 aliphatic carbocycles. The first-order valence-electron chi connectivity index (χ1n) is 4.99. The minimum atomic E-state index is 0.528. The number of para-hydroxylation sites is 1. The average molecular weight is 239 g/mol. The first-order valence-corrected chi connectivity index (χ1v) is 5.87. The van der Waals surface area contributed by atoms with Crippen molar-refractivity contribution < 1.29 is 0 Å². The lowest BCUT2D eigenvalue weighted by atomic mass is 10.2. The number of nitriles is 1. The molecule has 1 aromatic carbocycles. The number of hydrogen-bond donors (Lipinski definition) is 0. The number of rotatable bonds is 0. The zero-order valence-electron chi connectivity index (χ0n) is 8.95. The molecule has 4 heteroatoms. The molecule has 2 aromatic heterocycles. The van der Waals surface area contributed by atoms with Crippen molar-refractivity contribution in [2.45, 2.75) is 0 Å². The number of fused-ring (bicyclic) bond motifs is 1. The Kier molecular flexibility index (Phi) is 3.79. The minimum Gasteiger partial charge on any atom is -0.256 e. The van der Waals surface area contributed by atoms with Gasteiger partial charge in [0.25, 0.3) is 0 Å². The second kappa shape index (κ2) is 5.73. The fourth-order valence-electron chi connectivity index (χ4n) is 1.29. The molecule has 3 nitrogen and oxygen atoms in total. The Morgan fingerprint density at radius 3 is 2.47 bits per heavy atom. The zero-order chi connectivity index (χ0) is 11.9. The van der Waals surface area contributed by atoms with Crippen molar-refractivity contribution in [1.29, 1.82) is 5.26 Å². The first-order chi connectivity index (χ1) is 8.40. The van der Waals surface area contributed by atoms with Gasteiger partial charge in [-0.15, -0.1) is 11.3 Å². The van der Waals surface area contributed by atoms with Crippen molar-refractivity contribution in [2.24, 2.45) is 0 Å². The highest BCUT2D eigenvalue weighted by atomic mass is 32.1. The smallest absolute Gasteiger partial charge is 0.194 e. The molecule has 0 saturated heterocycles. The van der Waals surface area contributed by atoms with Gasteiger partial charge >= 0.3 is 0 Å². The fourth-order valence-corrected chi connectivity index (χ4v) is 1.72. The molecule has 2 heterocycles. The van der Waals surface area contributed by atoms with E-state index in [-0.39, 0.29) is 0 Å². The second-order valence-corrected chi connectivity index (χ2v) is 4.04. The Bertz CT molecular complexity index is 561. The number of aromatic nitrogens is 2. The molecule has 82 valence electrons. The van der Waals surface area contributed by atoms with Gasteiger partial charge in [-0.3, -0.25) is 4.98 Å². The minimum absolute atomic E-state index is 0.528. The van der Waals surface area contributed by atoms with Gasteiger partial charge in [0.15, 0.2) is 5.01 Å². The lowest BCUT2D eigenvalue weighted by molar-refractivity contribution is 1.35. The van der Waals surface area contributed by atoms with Crippen molar-refractivity contribution >= 4 is 22.2 Å². The van der Waals surface area contributed by atoms with Crippen LogP contribution in [0.15, 0.2) is 54.2 Å². The maximum atomic E-state index is 8.12. The SMILES string of the molecule is N#Cc1nccs1.c1ccc2ncccc2c1. The maximum Gasteiger partial charge on any atom is 0.194 e. The number of nitrogens with zero attached hydrogens (tertiary/aromatic N) is 3. The third-order valence-corrected chi connectivity index (χ3v) is 2.72. The van der Waals surface area contributed by atoms with Gasteiger partial charge in [0.05, 0.1) is 5.52 Å². The van der Waals surface area contributed by atoms with E-state index in [1.54, 1.807) is 11.6 Å². The summed E-state index contributed by atoms with van der Waals surface area (Å²) < 4.78 is 0. The van der Waals surface area contributed by atoms with Crippen molar-refractivity contribution in [3.05, 3.63) is 59.2 Å². The van der Waals surface area contributed by atoms with Crippen LogP contribution >= 0.6 is 11.3 Å². The zero-order valence-corrected chi connectivity index (χ0v) is 9.76. The number of hydrogen-bond acceptors (Lipinski definition) is 4. The maximum absolute atomic E-state index is 8.12. The lowest BCUT2D eigenvalue weighted by Crippen LogP contribution is -1.73. The standard InChI is InChI=1S/C9H7N.C4H2N2S/c1-2-6-9-8(4-1)5-3-7-10-9;5-3-4-6-1-2-7-4/h1-7H;1-2H. The number of thiazole rings is 1. The molecule has 0 bridgehead atoms. The van der Waals surface area contributed by atoms with Crippen LogP contribution in [-0.4, -0.2) is 9.97 Å². The van der Waals surface area contributed by atoms with E-state index in [1.807, 2.05) is 36.5 Å². The van der Waals surface area contributed by atoms with Crippen LogP contribution in [0.5, 0.6) is 0 Å². The molecule has 17 heavy (non-hydrogen) atoms. The molecule has 0 radical (unpaired) electrons. The third kappa shape index (κ3) is 3.10. The predicted molar refractivity (Wildman–Crippen MR) is 68.6 cm³/mol. The molecule has 3 rings (SSSR count). The van der Waals surface area contributed by atoms with Crippen LogP contribution in [0.25, 0.3) is 10.9 Å². The van der Waals surface area contributed by atoms with Crippen LogP contribution in [0.2, 0.25) is 0 Å². The molecular weight excluding hydrogens is 230 g/mol. The Labute approximate surface area is 103 Å². The molecule has 0 aliphatic rings. The Balaban J connectivity index is 0.000000136. The van der Waals surface area contributed by atoms with Crippen LogP contribution < -0.4 is 0 Å². The summed E-state index contributed by atoms with van der Waals surface area (Å²) in [5.74, 6) is 0. The van der Waals surface area contributed by atoms with E-state index in [1.165, 1.54) is 16.7 Å². The van der Waals surface area contributed by atoms with E-state index >= 15 is 0 Å². The van der Waals surface area contributed by atoms with Crippen molar-refractivity contribution in [2.75, 3.05) is 0 Å². The van der Waals surface area contributed by atoms with Gasteiger partial charge < -0.3 is 0 Å². The molecule has 0 unspecified atom stereocenters. The van der Waals surface area contributed by atoms with E-state index in [2.05, 4.69) is 22.1 Å². The predicted octanol–water partition coefficient (Wildman–Crippen LogP) is 3.25. The van der Waals surface area contributed by atoms with Crippen LogP contribution in [-0.2, 0) is 0 Å². The van der Waals surface area contributed by atoms with E-state index < -0.39 is 0 Å². The van der Waals surface area contributed by atoms with Crippen LogP contribution in [0.1, 0.15) is 5.01 Å². The normalized spacial score (nSPS) is 9.12. The summed E-state index contributed by atoms with van der Waals surface area (Å²) in [6.45, 7) is 0. The fraction of sp³-hybridized carbons (Fsp3) is 0. The van der Waals surface area contributed by atoms with E-state index in [4.69, 9.17) is 5.26 Å². The summed E-state index contributed by atoms with van der Waals surface area (Å²) in [6.07, 6.45) is 3.42. The highest BCUT2D eigenvalue weighted by molar-refractivity contribution is 7.10. The molecule has 0 atom stereocenters. The van der Waals surface area contributed by atoms with Gasteiger partial charge in [-0.2, -0.15) is 5.26 Å². The third-order valence-electron chi connectivity index (χ3n) is 2.04. The second-order valence-electron chi connectivity index (χ2n) is 3.15. The summed E-state index contributed by atoms with van der Waals surface area (Å²) in [6, 6.07) is 14.0. The van der Waals surface area contributed by atoms with E-state index in [0.29, 0.717) is 5.01 Å². The van der Waals surface area contributed by atoms with Gasteiger partial charge in [0.1, 0.15) is 6.07 Å². The Hall–Kier alpha value is -2.25. The number of pyridine rings is 1. The van der Waals surface area contributed by atoms with Crippen molar-refractivity contribution in [3.63, 3.8) is 0 Å². The van der Waals surface area contributed by atoms with Gasteiger partial charge in [0.2, 0.25) is 0 Å². The molecule has 0 aliphatic heterocycles. The molecule has 0 amide bonds. The molecule has 0 spiro atoms. The summed E-state index contributed by atoms with van der Waals surface area (Å²) >= 11 is 1.35. The van der Waals surface area contributed by atoms with Crippen LogP contribution in [0.4, 0.5) is 0 Å². The number of benzene rings is 1. The van der Waals surface area contributed by atoms with E-state index in [9.17, 15) is 0 Å². The van der Waals surface area contributed by atoms with Gasteiger partial charge in [-0.25, -0.2) is 4.98 Å². The van der Waals surface area contributed by atoms with Gasteiger partial charge in [-0.1, -0.05) is 24.3 Å². The Morgan fingerprint density at radius 1 is 1.00 bits per heavy atom. The van der Waals surface area contributed by atoms with Crippen LogP contribution in [0, 0.1) is 11.3 Å². The molecule has 0 N–H and O–H groups in total. The van der Waals surface area contributed by atoms with Gasteiger partial charge in [-0.05, 0) is 12.1 Å². The highest BCUT2D eigenvalue weighted by Crippen LogP contribution is 2.07. The molecule has 0 fully saturated rings. The average Bonchev–Trinajstić information content (AvgIpc) is 2.93.